The van der Waals surface area contributed by atoms with Gasteiger partial charge >= 0.3 is 0 Å². The first kappa shape index (κ1) is 15.6. The molecule has 0 heterocycles. The minimum atomic E-state index is -0.243. The quantitative estimate of drug-likeness (QED) is 0.484. The molecule has 0 radical (unpaired) electrons. The van der Waals surface area contributed by atoms with Crippen LogP contribution in [0.4, 0.5) is 4.39 Å². The summed E-state index contributed by atoms with van der Waals surface area (Å²) in [7, 11) is 0. The number of benzene rings is 2. The monoisotopic (exact) mass is 330 g/mol. The standard InChI is InChI=1S/C14H13Cl2FN2S/c15-12-6-1-9(7-13(12)16)14(19-18)8-20-11-4-2-10(17)3-5-11/h1-7,14,19H,8,18H2. The zero-order valence-corrected chi connectivity index (χ0v) is 12.8. The lowest BCUT2D eigenvalue weighted by atomic mass is 10.1. The number of hydrogen-bond donors (Lipinski definition) is 2. The van der Waals surface area contributed by atoms with Crippen LogP contribution in [-0.2, 0) is 0 Å². The van der Waals surface area contributed by atoms with Crippen molar-refractivity contribution in [3.8, 4) is 0 Å². The minimum absolute atomic E-state index is 0.0696. The van der Waals surface area contributed by atoms with E-state index >= 15 is 0 Å². The second-order valence-corrected chi connectivity index (χ2v) is 6.07. The van der Waals surface area contributed by atoms with Gasteiger partial charge in [-0.2, -0.15) is 0 Å². The lowest BCUT2D eigenvalue weighted by Gasteiger charge is -2.16. The fourth-order valence-corrected chi connectivity index (χ4v) is 2.96. The molecule has 0 aliphatic carbocycles. The molecule has 0 aliphatic rings. The molecule has 1 unspecified atom stereocenters. The van der Waals surface area contributed by atoms with Crippen molar-refractivity contribution in [3.63, 3.8) is 0 Å². The summed E-state index contributed by atoms with van der Waals surface area (Å²) in [5.41, 5.74) is 3.71. The Balaban J connectivity index is 2.05. The van der Waals surface area contributed by atoms with Crippen LogP contribution in [0.3, 0.4) is 0 Å². The van der Waals surface area contributed by atoms with E-state index < -0.39 is 0 Å². The van der Waals surface area contributed by atoms with Gasteiger partial charge in [0.2, 0.25) is 0 Å². The van der Waals surface area contributed by atoms with E-state index in [0.717, 1.165) is 10.5 Å². The first-order chi connectivity index (χ1) is 9.60. The third kappa shape index (κ3) is 4.11. The first-order valence-electron chi connectivity index (χ1n) is 5.89. The lowest BCUT2D eigenvalue weighted by molar-refractivity contribution is 0.610. The smallest absolute Gasteiger partial charge is 0.123 e. The van der Waals surface area contributed by atoms with Crippen LogP contribution in [-0.4, -0.2) is 5.75 Å². The summed E-state index contributed by atoms with van der Waals surface area (Å²) in [4.78, 5) is 0.978. The molecule has 0 amide bonds. The second-order valence-electron chi connectivity index (χ2n) is 4.16. The van der Waals surface area contributed by atoms with Gasteiger partial charge in [0.05, 0.1) is 16.1 Å². The third-order valence-electron chi connectivity index (χ3n) is 2.78. The van der Waals surface area contributed by atoms with Gasteiger partial charge in [0.1, 0.15) is 5.82 Å². The van der Waals surface area contributed by atoms with Gasteiger partial charge in [0.15, 0.2) is 0 Å². The number of hydrazine groups is 1. The molecule has 0 fully saturated rings. The number of thioether (sulfide) groups is 1. The Hall–Kier alpha value is -0.780. The summed E-state index contributed by atoms with van der Waals surface area (Å²) in [6, 6.07) is 11.7. The fourth-order valence-electron chi connectivity index (χ4n) is 1.68. The van der Waals surface area contributed by atoms with Crippen molar-refractivity contribution in [2.45, 2.75) is 10.9 Å². The highest BCUT2D eigenvalue weighted by Gasteiger charge is 2.12. The molecule has 20 heavy (non-hydrogen) atoms. The van der Waals surface area contributed by atoms with Crippen molar-refractivity contribution in [3.05, 3.63) is 63.9 Å². The minimum Gasteiger partial charge on any atom is -0.271 e. The van der Waals surface area contributed by atoms with Gasteiger partial charge in [0.25, 0.3) is 0 Å². The number of halogens is 3. The molecule has 0 bridgehead atoms. The highest BCUT2D eigenvalue weighted by molar-refractivity contribution is 7.99. The summed E-state index contributed by atoms with van der Waals surface area (Å²) in [5.74, 6) is 6.03. The number of nitrogens with one attached hydrogen (secondary N) is 1. The van der Waals surface area contributed by atoms with Gasteiger partial charge in [-0.05, 0) is 42.0 Å². The summed E-state index contributed by atoms with van der Waals surface area (Å²) in [6.07, 6.45) is 0. The second kappa shape index (κ2) is 7.29. The van der Waals surface area contributed by atoms with Gasteiger partial charge in [0, 0.05) is 10.6 Å². The molecule has 0 spiro atoms. The lowest BCUT2D eigenvalue weighted by Crippen LogP contribution is -2.29. The van der Waals surface area contributed by atoms with E-state index in [-0.39, 0.29) is 11.9 Å². The third-order valence-corrected chi connectivity index (χ3v) is 4.62. The van der Waals surface area contributed by atoms with Crippen LogP contribution in [0.2, 0.25) is 10.0 Å². The van der Waals surface area contributed by atoms with Crippen LogP contribution in [0.5, 0.6) is 0 Å². The molecule has 106 valence electrons. The highest BCUT2D eigenvalue weighted by atomic mass is 35.5. The Morgan fingerprint density at radius 3 is 2.40 bits per heavy atom. The SMILES string of the molecule is NNC(CSc1ccc(F)cc1)c1ccc(Cl)c(Cl)c1. The van der Waals surface area contributed by atoms with Gasteiger partial charge in [-0.15, -0.1) is 11.8 Å². The molecule has 2 nitrogen and oxygen atoms in total. The van der Waals surface area contributed by atoms with Crippen LogP contribution < -0.4 is 11.3 Å². The maximum absolute atomic E-state index is 12.8. The Morgan fingerprint density at radius 1 is 1.10 bits per heavy atom. The average Bonchev–Trinajstić information content (AvgIpc) is 2.45. The van der Waals surface area contributed by atoms with Crippen molar-refractivity contribution in [2.24, 2.45) is 5.84 Å². The molecule has 2 aromatic carbocycles. The Bertz CT molecular complexity index is 578. The molecule has 6 heteroatoms. The van der Waals surface area contributed by atoms with E-state index in [2.05, 4.69) is 5.43 Å². The van der Waals surface area contributed by atoms with Crippen LogP contribution >= 0.6 is 35.0 Å². The predicted molar refractivity (Wildman–Crippen MR) is 83.7 cm³/mol. The molecular formula is C14H13Cl2FN2S. The normalized spacial score (nSPS) is 12.4. The molecule has 0 aliphatic heterocycles. The maximum Gasteiger partial charge on any atom is 0.123 e. The van der Waals surface area contributed by atoms with Crippen LogP contribution in [0, 0.1) is 5.82 Å². The number of hydrogen-bond acceptors (Lipinski definition) is 3. The largest absolute Gasteiger partial charge is 0.271 e. The van der Waals surface area contributed by atoms with Gasteiger partial charge in [-0.1, -0.05) is 29.3 Å². The molecule has 0 aromatic heterocycles. The van der Waals surface area contributed by atoms with E-state index in [0.29, 0.717) is 15.8 Å². The summed E-state index contributed by atoms with van der Waals surface area (Å²) in [5, 5.41) is 1.01. The summed E-state index contributed by atoms with van der Waals surface area (Å²) >= 11 is 13.5. The van der Waals surface area contributed by atoms with Crippen molar-refractivity contribution < 1.29 is 4.39 Å². The summed E-state index contributed by atoms with van der Waals surface area (Å²) in [6.45, 7) is 0. The fraction of sp³-hybridized carbons (Fsp3) is 0.143. The molecule has 0 saturated carbocycles. The Morgan fingerprint density at radius 2 is 1.80 bits per heavy atom. The molecule has 0 saturated heterocycles. The molecule has 2 aromatic rings. The van der Waals surface area contributed by atoms with E-state index in [1.54, 1.807) is 36.0 Å². The van der Waals surface area contributed by atoms with Gasteiger partial charge in [-0.25, -0.2) is 4.39 Å². The average molecular weight is 331 g/mol. The molecule has 2 rings (SSSR count). The predicted octanol–water partition coefficient (Wildman–Crippen LogP) is 4.43. The van der Waals surface area contributed by atoms with Crippen molar-refractivity contribution in [1.29, 1.82) is 0 Å². The van der Waals surface area contributed by atoms with Crippen LogP contribution in [0.25, 0.3) is 0 Å². The maximum atomic E-state index is 12.8. The van der Waals surface area contributed by atoms with Gasteiger partial charge < -0.3 is 0 Å². The van der Waals surface area contributed by atoms with Crippen LogP contribution in [0.15, 0.2) is 47.4 Å². The van der Waals surface area contributed by atoms with Crippen molar-refractivity contribution in [1.82, 2.24) is 5.43 Å². The van der Waals surface area contributed by atoms with Crippen molar-refractivity contribution >= 4 is 35.0 Å². The zero-order chi connectivity index (χ0) is 14.5. The van der Waals surface area contributed by atoms with E-state index in [9.17, 15) is 4.39 Å². The van der Waals surface area contributed by atoms with Crippen LogP contribution in [0.1, 0.15) is 11.6 Å². The van der Waals surface area contributed by atoms with Crippen molar-refractivity contribution in [2.75, 3.05) is 5.75 Å². The first-order valence-corrected chi connectivity index (χ1v) is 7.63. The topological polar surface area (TPSA) is 38.0 Å². The van der Waals surface area contributed by atoms with Gasteiger partial charge in [-0.3, -0.25) is 11.3 Å². The van der Waals surface area contributed by atoms with E-state index in [1.165, 1.54) is 12.1 Å². The highest BCUT2D eigenvalue weighted by Crippen LogP contribution is 2.29. The number of rotatable bonds is 5. The molecule has 3 N–H and O–H groups in total. The Kier molecular flexibility index (Phi) is 5.69. The molecule has 1 atom stereocenters. The van der Waals surface area contributed by atoms with E-state index in [1.807, 2.05) is 6.07 Å². The Labute approximate surface area is 131 Å². The summed E-state index contributed by atoms with van der Waals surface area (Å²) < 4.78 is 12.8. The number of nitrogens with two attached hydrogens (primary N) is 1. The molecular weight excluding hydrogens is 318 g/mol. The zero-order valence-electron chi connectivity index (χ0n) is 10.4. The van der Waals surface area contributed by atoms with E-state index in [4.69, 9.17) is 29.0 Å².